The number of benzene rings is 2. The van der Waals surface area contributed by atoms with Crippen molar-refractivity contribution in [1.29, 1.82) is 0 Å². The number of guanidine groups is 1. The molecule has 0 aromatic heterocycles. The Morgan fingerprint density at radius 1 is 1.04 bits per heavy atom. The van der Waals surface area contributed by atoms with Gasteiger partial charge < -0.3 is 20.3 Å². The molecule has 150 valence electrons. The molecule has 1 heterocycles. The monoisotopic (exact) mass is 492 g/mol. The van der Waals surface area contributed by atoms with Gasteiger partial charge in [-0.15, -0.1) is 24.0 Å². The van der Waals surface area contributed by atoms with Crippen LogP contribution < -0.4 is 20.3 Å². The summed E-state index contributed by atoms with van der Waals surface area (Å²) in [6.45, 7) is 6.18. The van der Waals surface area contributed by atoms with Crippen LogP contribution in [0.2, 0.25) is 0 Å². The van der Waals surface area contributed by atoms with E-state index in [0.717, 1.165) is 36.9 Å². The van der Waals surface area contributed by atoms with Gasteiger partial charge in [0.25, 0.3) is 0 Å². The highest BCUT2D eigenvalue weighted by Crippen LogP contribution is 2.18. The van der Waals surface area contributed by atoms with E-state index < -0.39 is 0 Å². The number of para-hydroxylation sites is 1. The van der Waals surface area contributed by atoms with E-state index in [4.69, 9.17) is 9.73 Å². The molecule has 28 heavy (non-hydrogen) atoms. The lowest BCUT2D eigenvalue weighted by molar-refractivity contribution is 0.409. The van der Waals surface area contributed by atoms with Crippen molar-refractivity contribution < 1.29 is 4.74 Å². The average molecular weight is 492 g/mol. The maximum absolute atomic E-state index is 5.41. The SMILES string of the molecule is CCNC(=NCc1ccc(N2CC=CC2)cc1)NCc1ccccc1OC.I. The van der Waals surface area contributed by atoms with Gasteiger partial charge >= 0.3 is 0 Å². The summed E-state index contributed by atoms with van der Waals surface area (Å²) in [5, 5.41) is 6.68. The molecular weight excluding hydrogens is 463 g/mol. The first-order valence-electron chi connectivity index (χ1n) is 9.43. The van der Waals surface area contributed by atoms with Gasteiger partial charge in [0.05, 0.1) is 13.7 Å². The van der Waals surface area contributed by atoms with E-state index in [9.17, 15) is 0 Å². The maximum atomic E-state index is 5.41. The third-order valence-corrected chi connectivity index (χ3v) is 4.52. The van der Waals surface area contributed by atoms with Crippen LogP contribution in [0.4, 0.5) is 5.69 Å². The van der Waals surface area contributed by atoms with E-state index >= 15 is 0 Å². The quantitative estimate of drug-likeness (QED) is 0.266. The van der Waals surface area contributed by atoms with Gasteiger partial charge in [-0.2, -0.15) is 0 Å². The standard InChI is InChI=1S/C22H28N4O.HI/c1-3-23-22(25-17-19-8-4-5-9-21(19)27-2)24-16-18-10-12-20(13-11-18)26-14-6-7-15-26;/h4-13H,3,14-17H2,1-2H3,(H2,23,24,25);1H. The van der Waals surface area contributed by atoms with Gasteiger partial charge in [0.1, 0.15) is 5.75 Å². The smallest absolute Gasteiger partial charge is 0.191 e. The molecule has 1 aliphatic heterocycles. The first-order valence-corrected chi connectivity index (χ1v) is 9.43. The number of methoxy groups -OCH3 is 1. The molecular formula is C22H29IN4O. The minimum absolute atomic E-state index is 0. The average Bonchev–Trinajstić information content (AvgIpc) is 3.25. The second kappa shape index (κ2) is 11.6. The van der Waals surface area contributed by atoms with Gasteiger partial charge in [0.15, 0.2) is 5.96 Å². The zero-order valence-electron chi connectivity index (χ0n) is 16.5. The van der Waals surface area contributed by atoms with Crippen LogP contribution in [0, 0.1) is 0 Å². The van der Waals surface area contributed by atoms with Crippen molar-refractivity contribution in [3.63, 3.8) is 0 Å². The lowest BCUT2D eigenvalue weighted by Crippen LogP contribution is -2.36. The number of hydrogen-bond donors (Lipinski definition) is 2. The highest BCUT2D eigenvalue weighted by atomic mass is 127. The second-order valence-corrected chi connectivity index (χ2v) is 6.40. The van der Waals surface area contributed by atoms with E-state index in [2.05, 4.69) is 64.9 Å². The maximum Gasteiger partial charge on any atom is 0.191 e. The van der Waals surface area contributed by atoms with Crippen molar-refractivity contribution in [1.82, 2.24) is 10.6 Å². The number of hydrogen-bond acceptors (Lipinski definition) is 3. The molecule has 0 spiro atoms. The lowest BCUT2D eigenvalue weighted by Gasteiger charge is -2.17. The Hall–Kier alpha value is -2.22. The summed E-state index contributed by atoms with van der Waals surface area (Å²) in [5.74, 6) is 1.68. The Morgan fingerprint density at radius 2 is 1.75 bits per heavy atom. The van der Waals surface area contributed by atoms with Crippen molar-refractivity contribution >= 4 is 35.6 Å². The Labute approximate surface area is 184 Å². The summed E-state index contributed by atoms with van der Waals surface area (Å²) >= 11 is 0. The molecule has 0 saturated carbocycles. The van der Waals surface area contributed by atoms with Crippen LogP contribution in [-0.2, 0) is 13.1 Å². The molecule has 0 bridgehead atoms. The molecule has 6 heteroatoms. The van der Waals surface area contributed by atoms with Crippen LogP contribution in [-0.4, -0.2) is 32.7 Å². The fourth-order valence-corrected chi connectivity index (χ4v) is 3.04. The fourth-order valence-electron chi connectivity index (χ4n) is 3.04. The number of nitrogens with zero attached hydrogens (tertiary/aromatic N) is 2. The zero-order chi connectivity index (χ0) is 18.9. The Morgan fingerprint density at radius 3 is 2.43 bits per heavy atom. The summed E-state index contributed by atoms with van der Waals surface area (Å²) < 4.78 is 5.41. The number of anilines is 1. The lowest BCUT2D eigenvalue weighted by atomic mass is 10.2. The highest BCUT2D eigenvalue weighted by molar-refractivity contribution is 14.0. The van der Waals surface area contributed by atoms with Crippen LogP contribution in [0.5, 0.6) is 5.75 Å². The van der Waals surface area contributed by atoms with Gasteiger partial charge in [-0.25, -0.2) is 4.99 Å². The molecule has 0 fully saturated rings. The molecule has 0 atom stereocenters. The Kier molecular flexibility index (Phi) is 9.13. The molecule has 2 aromatic carbocycles. The van der Waals surface area contributed by atoms with E-state index in [0.29, 0.717) is 13.1 Å². The van der Waals surface area contributed by atoms with Crippen molar-refractivity contribution in [3.05, 3.63) is 71.8 Å². The van der Waals surface area contributed by atoms with Gasteiger partial charge in [0.2, 0.25) is 0 Å². The number of ether oxygens (including phenoxy) is 1. The Bertz CT molecular complexity index is 781. The molecule has 0 unspecified atom stereocenters. The van der Waals surface area contributed by atoms with Crippen molar-refractivity contribution in [2.24, 2.45) is 4.99 Å². The molecule has 0 aliphatic carbocycles. The fraction of sp³-hybridized carbons (Fsp3) is 0.318. The summed E-state index contributed by atoms with van der Waals surface area (Å²) in [5.41, 5.74) is 3.56. The molecule has 3 rings (SSSR count). The van der Waals surface area contributed by atoms with Crippen LogP contribution in [0.1, 0.15) is 18.1 Å². The predicted molar refractivity (Wildman–Crippen MR) is 128 cm³/mol. The van der Waals surface area contributed by atoms with Crippen LogP contribution >= 0.6 is 24.0 Å². The minimum Gasteiger partial charge on any atom is -0.496 e. The molecule has 2 N–H and O–H groups in total. The molecule has 5 nitrogen and oxygen atoms in total. The largest absolute Gasteiger partial charge is 0.496 e. The first kappa shape index (κ1) is 22.1. The highest BCUT2D eigenvalue weighted by Gasteiger charge is 2.07. The summed E-state index contributed by atoms with van der Waals surface area (Å²) in [6.07, 6.45) is 4.41. The van der Waals surface area contributed by atoms with Gasteiger partial charge in [-0.1, -0.05) is 42.5 Å². The number of nitrogens with one attached hydrogen (secondary N) is 2. The van der Waals surface area contributed by atoms with Gasteiger partial charge in [-0.05, 0) is 30.7 Å². The van der Waals surface area contributed by atoms with E-state index in [1.807, 2.05) is 18.2 Å². The van der Waals surface area contributed by atoms with Crippen LogP contribution in [0.25, 0.3) is 0 Å². The van der Waals surface area contributed by atoms with Crippen molar-refractivity contribution in [3.8, 4) is 5.75 Å². The minimum atomic E-state index is 0. The number of aliphatic imine (C=N–C) groups is 1. The van der Waals surface area contributed by atoms with Crippen LogP contribution in [0.3, 0.4) is 0 Å². The van der Waals surface area contributed by atoms with E-state index in [1.165, 1.54) is 11.3 Å². The first-order chi connectivity index (χ1) is 13.3. The van der Waals surface area contributed by atoms with E-state index in [-0.39, 0.29) is 24.0 Å². The third kappa shape index (κ3) is 6.15. The number of rotatable bonds is 7. The summed E-state index contributed by atoms with van der Waals surface area (Å²) in [6, 6.07) is 16.7. The van der Waals surface area contributed by atoms with E-state index in [1.54, 1.807) is 7.11 Å². The predicted octanol–water partition coefficient (Wildman–Crippen LogP) is 3.94. The summed E-state index contributed by atoms with van der Waals surface area (Å²) in [4.78, 5) is 7.05. The topological polar surface area (TPSA) is 48.9 Å². The van der Waals surface area contributed by atoms with Crippen molar-refractivity contribution in [2.45, 2.75) is 20.0 Å². The molecule has 0 saturated heterocycles. The second-order valence-electron chi connectivity index (χ2n) is 6.40. The van der Waals surface area contributed by atoms with Crippen LogP contribution in [0.15, 0.2) is 65.7 Å². The number of halogens is 1. The van der Waals surface area contributed by atoms with Crippen molar-refractivity contribution in [2.75, 3.05) is 31.6 Å². The molecule has 2 aromatic rings. The Balaban J connectivity index is 0.00000280. The molecule has 0 radical (unpaired) electrons. The third-order valence-electron chi connectivity index (χ3n) is 4.52. The van der Waals surface area contributed by atoms with Gasteiger partial charge in [-0.3, -0.25) is 0 Å². The normalized spacial score (nSPS) is 13.2. The van der Waals surface area contributed by atoms with Gasteiger partial charge in [0, 0.05) is 37.4 Å². The molecule has 1 aliphatic rings. The summed E-state index contributed by atoms with van der Waals surface area (Å²) in [7, 11) is 1.69. The molecule has 0 amide bonds. The zero-order valence-corrected chi connectivity index (χ0v) is 18.9.